The van der Waals surface area contributed by atoms with E-state index < -0.39 is 12.1 Å². The largest absolute Gasteiger partial charge is 0.447 e. The van der Waals surface area contributed by atoms with Gasteiger partial charge in [-0.3, -0.25) is 9.59 Å². The Hall–Kier alpha value is -2.99. The molecule has 1 aliphatic carbocycles. The molecule has 4 rings (SSSR count). The van der Waals surface area contributed by atoms with Crippen LogP contribution in [0.3, 0.4) is 0 Å². The summed E-state index contributed by atoms with van der Waals surface area (Å²) < 4.78 is 5.59. The van der Waals surface area contributed by atoms with Crippen LogP contribution in [0, 0.1) is 0 Å². The van der Waals surface area contributed by atoms with Crippen molar-refractivity contribution in [2.45, 2.75) is 44.8 Å². The summed E-state index contributed by atoms with van der Waals surface area (Å²) in [6.07, 6.45) is 2.03. The molecule has 1 heterocycles. The normalized spacial score (nSPS) is 14.2. The van der Waals surface area contributed by atoms with Gasteiger partial charge in [0.2, 0.25) is 6.10 Å². The third-order valence-corrected chi connectivity index (χ3v) is 5.94. The van der Waals surface area contributed by atoms with Crippen LogP contribution in [0.15, 0.2) is 60.0 Å². The Kier molecular flexibility index (Phi) is 6.23. The van der Waals surface area contributed by atoms with Gasteiger partial charge in [0.15, 0.2) is 0 Å². The highest BCUT2D eigenvalue weighted by Crippen LogP contribution is 2.26. The quantitative estimate of drug-likeness (QED) is 0.546. The molecule has 1 saturated carbocycles. The van der Waals surface area contributed by atoms with Crippen LogP contribution in [-0.2, 0) is 27.2 Å². The zero-order chi connectivity index (χ0) is 20.9. The smallest absolute Gasteiger partial charge is 0.313 e. The number of esters is 1. The minimum atomic E-state index is -0.945. The second kappa shape index (κ2) is 9.22. The van der Waals surface area contributed by atoms with Crippen LogP contribution in [0.4, 0.5) is 0 Å². The molecular weight excluding hydrogens is 396 g/mol. The molecule has 1 amide bonds. The lowest BCUT2D eigenvalue weighted by Gasteiger charge is -2.17. The molecule has 1 atom stereocenters. The fraction of sp³-hybridized carbons (Fsp3) is 0.292. The number of amides is 1. The highest BCUT2D eigenvalue weighted by molar-refractivity contribution is 7.13. The van der Waals surface area contributed by atoms with Crippen LogP contribution in [0.25, 0.3) is 10.6 Å². The lowest BCUT2D eigenvalue weighted by Crippen LogP contribution is -2.33. The van der Waals surface area contributed by atoms with Crippen LogP contribution in [0.2, 0.25) is 0 Å². The topological polar surface area (TPSA) is 68.3 Å². The Labute approximate surface area is 180 Å². The first-order chi connectivity index (χ1) is 14.6. The zero-order valence-electron chi connectivity index (χ0n) is 16.8. The van der Waals surface area contributed by atoms with Crippen LogP contribution in [0.1, 0.15) is 42.7 Å². The van der Waals surface area contributed by atoms with E-state index in [-0.39, 0.29) is 18.4 Å². The Bertz CT molecular complexity index is 1010. The second-order valence-electron chi connectivity index (χ2n) is 7.43. The van der Waals surface area contributed by atoms with E-state index in [0.29, 0.717) is 11.3 Å². The van der Waals surface area contributed by atoms with Crippen molar-refractivity contribution in [3.63, 3.8) is 0 Å². The summed E-state index contributed by atoms with van der Waals surface area (Å²) >= 11 is 1.50. The first-order valence-electron chi connectivity index (χ1n) is 10.2. The molecule has 0 saturated heterocycles. The summed E-state index contributed by atoms with van der Waals surface area (Å²) in [6, 6.07) is 17.6. The highest BCUT2D eigenvalue weighted by atomic mass is 32.1. The standard InChI is InChI=1S/C24H24N2O3S/c1-2-16-8-10-18(11-9-16)24-26-20(15-30-24)14-21(27)29-22(17-6-4-3-5-7-17)23(28)25-19-12-13-19/h3-11,15,19,22H,2,12-14H2,1H3,(H,25,28)/t22-/m0/s1. The molecule has 0 spiro atoms. The molecule has 1 fully saturated rings. The summed E-state index contributed by atoms with van der Waals surface area (Å²) in [5.74, 6) is -0.736. The minimum Gasteiger partial charge on any atom is -0.447 e. The number of ether oxygens (including phenoxy) is 1. The van der Waals surface area contributed by atoms with Gasteiger partial charge in [0, 0.05) is 22.5 Å². The predicted molar refractivity (Wildman–Crippen MR) is 117 cm³/mol. The number of carbonyl (C=O) groups is 2. The van der Waals surface area contributed by atoms with Crippen molar-refractivity contribution in [1.82, 2.24) is 10.3 Å². The van der Waals surface area contributed by atoms with Gasteiger partial charge < -0.3 is 10.1 Å². The fourth-order valence-corrected chi connectivity index (χ4v) is 3.96. The molecule has 2 aromatic carbocycles. The van der Waals surface area contributed by atoms with Crippen molar-refractivity contribution >= 4 is 23.2 Å². The molecule has 154 valence electrons. The van der Waals surface area contributed by atoms with E-state index in [1.165, 1.54) is 16.9 Å². The molecule has 1 aliphatic rings. The number of carbonyl (C=O) groups excluding carboxylic acids is 2. The van der Waals surface area contributed by atoms with E-state index in [2.05, 4.69) is 29.4 Å². The van der Waals surface area contributed by atoms with E-state index in [4.69, 9.17) is 4.74 Å². The van der Waals surface area contributed by atoms with Crippen molar-refractivity contribution < 1.29 is 14.3 Å². The van der Waals surface area contributed by atoms with Crippen LogP contribution in [0.5, 0.6) is 0 Å². The third-order valence-electron chi connectivity index (χ3n) is 5.00. The Balaban J connectivity index is 1.43. The van der Waals surface area contributed by atoms with E-state index in [1.54, 1.807) is 12.1 Å². The van der Waals surface area contributed by atoms with Gasteiger partial charge >= 0.3 is 5.97 Å². The van der Waals surface area contributed by atoms with Crippen molar-refractivity contribution in [3.8, 4) is 10.6 Å². The van der Waals surface area contributed by atoms with Gasteiger partial charge in [0.1, 0.15) is 5.01 Å². The van der Waals surface area contributed by atoms with Crippen molar-refractivity contribution in [2.24, 2.45) is 0 Å². The third kappa shape index (κ3) is 5.13. The molecule has 3 aromatic rings. The maximum absolute atomic E-state index is 12.6. The molecule has 6 heteroatoms. The number of hydrogen-bond donors (Lipinski definition) is 1. The molecule has 1 N–H and O–H groups in total. The monoisotopic (exact) mass is 420 g/mol. The van der Waals surface area contributed by atoms with Gasteiger partial charge in [0.25, 0.3) is 5.91 Å². The number of nitrogens with zero attached hydrogens (tertiary/aromatic N) is 1. The lowest BCUT2D eigenvalue weighted by molar-refractivity contribution is -0.156. The van der Waals surface area contributed by atoms with Gasteiger partial charge in [-0.2, -0.15) is 0 Å². The molecule has 5 nitrogen and oxygen atoms in total. The van der Waals surface area contributed by atoms with Gasteiger partial charge in [0.05, 0.1) is 12.1 Å². The first-order valence-corrected chi connectivity index (χ1v) is 11.1. The van der Waals surface area contributed by atoms with E-state index in [0.717, 1.165) is 29.8 Å². The molecule has 1 aromatic heterocycles. The van der Waals surface area contributed by atoms with E-state index in [9.17, 15) is 9.59 Å². The van der Waals surface area contributed by atoms with Crippen LogP contribution >= 0.6 is 11.3 Å². The van der Waals surface area contributed by atoms with E-state index >= 15 is 0 Å². The average molecular weight is 421 g/mol. The van der Waals surface area contributed by atoms with Crippen LogP contribution < -0.4 is 5.32 Å². The summed E-state index contributed by atoms with van der Waals surface area (Å²) in [4.78, 5) is 29.8. The maximum Gasteiger partial charge on any atom is 0.313 e. The second-order valence-corrected chi connectivity index (χ2v) is 8.29. The molecule has 0 radical (unpaired) electrons. The summed E-state index contributed by atoms with van der Waals surface area (Å²) in [5, 5.41) is 5.66. The molecular formula is C24H24N2O3S. The SMILES string of the molecule is CCc1ccc(-c2nc(CC(=O)O[C@H](C(=O)NC3CC3)c3ccccc3)cs2)cc1. The molecule has 30 heavy (non-hydrogen) atoms. The van der Waals surface area contributed by atoms with Gasteiger partial charge in [-0.15, -0.1) is 11.3 Å². The molecule has 0 bridgehead atoms. The number of rotatable bonds is 8. The Morgan fingerprint density at radius 2 is 1.87 bits per heavy atom. The molecule has 0 unspecified atom stereocenters. The fourth-order valence-electron chi connectivity index (χ4n) is 3.13. The van der Waals surface area contributed by atoms with Gasteiger partial charge in [-0.25, -0.2) is 4.98 Å². The van der Waals surface area contributed by atoms with Crippen molar-refractivity contribution in [2.75, 3.05) is 0 Å². The van der Waals surface area contributed by atoms with Gasteiger partial charge in [-0.1, -0.05) is 61.5 Å². The van der Waals surface area contributed by atoms with Gasteiger partial charge in [-0.05, 0) is 24.8 Å². The average Bonchev–Trinajstić information content (AvgIpc) is 3.47. The predicted octanol–water partition coefficient (Wildman–Crippen LogP) is 4.48. The number of nitrogens with one attached hydrogen (secondary N) is 1. The number of benzene rings is 2. The number of hydrogen-bond acceptors (Lipinski definition) is 5. The number of thiazole rings is 1. The van der Waals surface area contributed by atoms with Crippen molar-refractivity contribution in [3.05, 3.63) is 76.8 Å². The lowest BCUT2D eigenvalue weighted by atomic mass is 10.1. The number of aromatic nitrogens is 1. The molecule has 0 aliphatic heterocycles. The first kappa shape index (κ1) is 20.3. The zero-order valence-corrected chi connectivity index (χ0v) is 17.7. The highest BCUT2D eigenvalue weighted by Gasteiger charge is 2.30. The number of aryl methyl sites for hydroxylation is 1. The van der Waals surface area contributed by atoms with Crippen molar-refractivity contribution in [1.29, 1.82) is 0 Å². The minimum absolute atomic E-state index is 0.0313. The summed E-state index contributed by atoms with van der Waals surface area (Å²) in [7, 11) is 0. The van der Waals surface area contributed by atoms with Crippen LogP contribution in [-0.4, -0.2) is 22.9 Å². The Morgan fingerprint density at radius 3 is 2.53 bits per heavy atom. The summed E-state index contributed by atoms with van der Waals surface area (Å²) in [6.45, 7) is 2.12. The summed E-state index contributed by atoms with van der Waals surface area (Å²) in [5.41, 5.74) is 3.62. The maximum atomic E-state index is 12.6. The Morgan fingerprint density at radius 1 is 1.13 bits per heavy atom. The van der Waals surface area contributed by atoms with E-state index in [1.807, 2.05) is 35.7 Å².